The van der Waals surface area contributed by atoms with Crippen LogP contribution in [-0.4, -0.2) is 32.6 Å². The van der Waals surface area contributed by atoms with Crippen LogP contribution in [0, 0.1) is 5.82 Å². The van der Waals surface area contributed by atoms with Gasteiger partial charge in [0.15, 0.2) is 0 Å². The van der Waals surface area contributed by atoms with E-state index >= 15 is 0 Å². The Kier molecular flexibility index (Phi) is 4.37. The molecule has 104 valence electrons. The van der Waals surface area contributed by atoms with Crippen LogP contribution in [-0.2, 0) is 11.3 Å². The molecule has 4 nitrogen and oxygen atoms in total. The highest BCUT2D eigenvalue weighted by atomic mass is 19.1. The summed E-state index contributed by atoms with van der Waals surface area (Å²) in [4.78, 5) is 13.6. The van der Waals surface area contributed by atoms with E-state index in [-0.39, 0.29) is 18.3 Å². The molecule has 0 atom stereocenters. The number of carbonyl (C=O) groups excluding carboxylic acids is 1. The quantitative estimate of drug-likeness (QED) is 0.814. The third-order valence-electron chi connectivity index (χ3n) is 3.18. The topological polar surface area (TPSA) is 44.4 Å². The van der Waals surface area contributed by atoms with Gasteiger partial charge >= 0.3 is 0 Å². The van der Waals surface area contributed by atoms with Crippen LogP contribution in [0.15, 0.2) is 18.2 Å². The van der Waals surface area contributed by atoms with Crippen LogP contribution >= 0.6 is 0 Å². The zero-order chi connectivity index (χ0) is 13.8. The highest BCUT2D eigenvalue weighted by molar-refractivity contribution is 5.82. The van der Waals surface area contributed by atoms with E-state index in [1.165, 1.54) is 6.07 Å². The molecule has 19 heavy (non-hydrogen) atoms. The smallest absolute Gasteiger partial charge is 0.239 e. The SMILES string of the molecule is CNCc1c(F)cccc1N(C)CC(=O)NC1CC1. The minimum absolute atomic E-state index is 0.00957. The Labute approximate surface area is 113 Å². The normalized spacial score (nSPS) is 14.3. The van der Waals surface area contributed by atoms with Gasteiger partial charge in [0, 0.05) is 30.9 Å². The molecule has 1 aliphatic carbocycles. The van der Waals surface area contributed by atoms with Crippen molar-refractivity contribution in [3.8, 4) is 0 Å². The molecule has 0 radical (unpaired) electrons. The van der Waals surface area contributed by atoms with Gasteiger partial charge in [0.2, 0.25) is 5.91 Å². The van der Waals surface area contributed by atoms with Crippen molar-refractivity contribution < 1.29 is 9.18 Å². The van der Waals surface area contributed by atoms with Crippen molar-refractivity contribution in [3.63, 3.8) is 0 Å². The summed E-state index contributed by atoms with van der Waals surface area (Å²) in [5.41, 5.74) is 1.34. The number of nitrogens with one attached hydrogen (secondary N) is 2. The summed E-state index contributed by atoms with van der Waals surface area (Å²) >= 11 is 0. The lowest BCUT2D eigenvalue weighted by molar-refractivity contribution is -0.119. The maximum absolute atomic E-state index is 13.8. The summed E-state index contributed by atoms with van der Waals surface area (Å²) in [5.74, 6) is -0.258. The molecule has 2 rings (SSSR count). The highest BCUT2D eigenvalue weighted by Crippen LogP contribution is 2.22. The van der Waals surface area contributed by atoms with Gasteiger partial charge in [0.25, 0.3) is 0 Å². The summed E-state index contributed by atoms with van der Waals surface area (Å²) in [6.07, 6.45) is 2.14. The summed E-state index contributed by atoms with van der Waals surface area (Å²) in [6, 6.07) is 5.29. The van der Waals surface area contributed by atoms with E-state index in [9.17, 15) is 9.18 Å². The van der Waals surface area contributed by atoms with E-state index in [4.69, 9.17) is 0 Å². The molecule has 0 spiro atoms. The second kappa shape index (κ2) is 6.02. The number of amides is 1. The molecular formula is C14H20FN3O. The van der Waals surface area contributed by atoms with Crippen LogP contribution in [0.2, 0.25) is 0 Å². The fraction of sp³-hybridized carbons (Fsp3) is 0.500. The first-order valence-electron chi connectivity index (χ1n) is 6.54. The number of benzene rings is 1. The molecule has 1 saturated carbocycles. The second-order valence-electron chi connectivity index (χ2n) is 4.97. The summed E-state index contributed by atoms with van der Waals surface area (Å²) in [6.45, 7) is 0.688. The molecule has 1 aliphatic rings. The Bertz CT molecular complexity index is 460. The lowest BCUT2D eigenvalue weighted by Crippen LogP contribution is -2.36. The predicted octanol–water partition coefficient (Wildman–Crippen LogP) is 1.26. The van der Waals surface area contributed by atoms with Gasteiger partial charge in [0.05, 0.1) is 6.54 Å². The average molecular weight is 265 g/mol. The second-order valence-corrected chi connectivity index (χ2v) is 4.97. The molecular weight excluding hydrogens is 245 g/mol. The number of anilines is 1. The molecule has 0 aliphatic heterocycles. The van der Waals surface area contributed by atoms with Gasteiger partial charge in [0.1, 0.15) is 5.82 Å². The summed E-state index contributed by atoms with van der Waals surface area (Å²) in [5, 5.41) is 5.88. The zero-order valence-electron chi connectivity index (χ0n) is 11.4. The first-order chi connectivity index (χ1) is 9.11. The fourth-order valence-electron chi connectivity index (χ4n) is 2.06. The Morgan fingerprint density at radius 1 is 1.47 bits per heavy atom. The number of halogens is 1. The van der Waals surface area contributed by atoms with Crippen LogP contribution in [0.1, 0.15) is 18.4 Å². The lowest BCUT2D eigenvalue weighted by Gasteiger charge is -2.22. The van der Waals surface area contributed by atoms with E-state index in [2.05, 4.69) is 10.6 Å². The molecule has 1 aromatic carbocycles. The number of carbonyl (C=O) groups is 1. The summed E-state index contributed by atoms with van der Waals surface area (Å²) < 4.78 is 13.8. The third-order valence-corrected chi connectivity index (χ3v) is 3.18. The van der Waals surface area contributed by atoms with Crippen molar-refractivity contribution in [3.05, 3.63) is 29.6 Å². The van der Waals surface area contributed by atoms with E-state index in [0.717, 1.165) is 18.5 Å². The van der Waals surface area contributed by atoms with Crippen LogP contribution in [0.25, 0.3) is 0 Å². The summed E-state index contributed by atoms with van der Waals surface area (Å²) in [7, 11) is 3.58. The lowest BCUT2D eigenvalue weighted by atomic mass is 10.1. The zero-order valence-corrected chi connectivity index (χ0v) is 11.4. The number of likely N-dealkylation sites (N-methyl/N-ethyl adjacent to an activating group) is 1. The van der Waals surface area contributed by atoms with Crippen LogP contribution < -0.4 is 15.5 Å². The minimum atomic E-state index is -0.249. The van der Waals surface area contributed by atoms with E-state index in [1.807, 2.05) is 6.07 Å². The van der Waals surface area contributed by atoms with E-state index in [1.54, 1.807) is 25.1 Å². The Balaban J connectivity index is 2.06. The van der Waals surface area contributed by atoms with Crippen molar-refractivity contribution in [1.82, 2.24) is 10.6 Å². The number of hydrogen-bond donors (Lipinski definition) is 2. The van der Waals surface area contributed by atoms with Crippen LogP contribution in [0.3, 0.4) is 0 Å². The van der Waals surface area contributed by atoms with Gasteiger partial charge in [-0.25, -0.2) is 4.39 Å². The number of rotatable bonds is 6. The first kappa shape index (κ1) is 13.8. The molecule has 0 heterocycles. The average Bonchev–Trinajstić information content (AvgIpc) is 3.15. The first-order valence-corrected chi connectivity index (χ1v) is 6.54. The molecule has 1 aromatic rings. The van der Waals surface area contributed by atoms with Gasteiger partial charge in [-0.3, -0.25) is 4.79 Å². The van der Waals surface area contributed by atoms with Crippen molar-refractivity contribution in [2.75, 3.05) is 25.5 Å². The van der Waals surface area contributed by atoms with Gasteiger partial charge in [-0.15, -0.1) is 0 Å². The fourth-order valence-corrected chi connectivity index (χ4v) is 2.06. The van der Waals surface area contributed by atoms with Gasteiger partial charge in [-0.1, -0.05) is 6.07 Å². The largest absolute Gasteiger partial charge is 0.365 e. The molecule has 1 amide bonds. The monoisotopic (exact) mass is 265 g/mol. The van der Waals surface area contributed by atoms with Crippen molar-refractivity contribution in [2.45, 2.75) is 25.4 Å². The third kappa shape index (κ3) is 3.67. The molecule has 0 aromatic heterocycles. The van der Waals surface area contributed by atoms with Gasteiger partial charge in [-0.2, -0.15) is 0 Å². The number of nitrogens with zero attached hydrogens (tertiary/aromatic N) is 1. The Hall–Kier alpha value is -1.62. The molecule has 5 heteroatoms. The maximum Gasteiger partial charge on any atom is 0.239 e. The van der Waals surface area contributed by atoms with Crippen LogP contribution in [0.4, 0.5) is 10.1 Å². The van der Waals surface area contributed by atoms with Gasteiger partial charge in [-0.05, 0) is 32.0 Å². The van der Waals surface area contributed by atoms with Crippen molar-refractivity contribution in [2.24, 2.45) is 0 Å². The number of hydrogen-bond acceptors (Lipinski definition) is 3. The Morgan fingerprint density at radius 3 is 2.84 bits per heavy atom. The molecule has 0 bridgehead atoms. The molecule has 2 N–H and O–H groups in total. The van der Waals surface area contributed by atoms with E-state index < -0.39 is 0 Å². The van der Waals surface area contributed by atoms with Crippen molar-refractivity contribution >= 4 is 11.6 Å². The van der Waals surface area contributed by atoms with E-state index in [0.29, 0.717) is 18.2 Å². The molecule has 1 fully saturated rings. The predicted molar refractivity (Wildman–Crippen MR) is 73.6 cm³/mol. The maximum atomic E-state index is 13.8. The molecule has 0 saturated heterocycles. The Morgan fingerprint density at radius 2 is 2.21 bits per heavy atom. The standard InChI is InChI=1S/C14H20FN3O/c1-16-8-11-12(15)4-3-5-13(11)18(2)9-14(19)17-10-6-7-10/h3-5,10,16H,6-9H2,1-2H3,(H,17,19). The van der Waals surface area contributed by atoms with Crippen LogP contribution in [0.5, 0.6) is 0 Å². The van der Waals surface area contributed by atoms with Crippen molar-refractivity contribution in [1.29, 1.82) is 0 Å². The highest BCUT2D eigenvalue weighted by Gasteiger charge is 2.24. The van der Waals surface area contributed by atoms with Gasteiger partial charge < -0.3 is 15.5 Å². The molecule has 0 unspecified atom stereocenters. The minimum Gasteiger partial charge on any atom is -0.365 e.